The van der Waals surface area contributed by atoms with Crippen molar-refractivity contribution in [2.24, 2.45) is 0 Å². The topological polar surface area (TPSA) is 57.7 Å². The van der Waals surface area contributed by atoms with E-state index in [9.17, 15) is 0 Å². The zero-order valence-electron chi connectivity index (χ0n) is 12.6. The quantitative estimate of drug-likeness (QED) is 0.625. The molecule has 0 aliphatic rings. The fourth-order valence-electron chi connectivity index (χ4n) is 2.65. The number of tetrazole rings is 1. The van der Waals surface area contributed by atoms with Gasteiger partial charge < -0.3 is 4.90 Å². The third-order valence-electron chi connectivity index (χ3n) is 3.98. The van der Waals surface area contributed by atoms with Crippen molar-refractivity contribution in [1.29, 1.82) is 0 Å². The van der Waals surface area contributed by atoms with Gasteiger partial charge in [-0.1, -0.05) is 30.3 Å². The number of hydrogen-bond acceptors (Lipinski definition) is 4. The van der Waals surface area contributed by atoms with E-state index in [0.717, 1.165) is 16.9 Å². The van der Waals surface area contributed by atoms with Gasteiger partial charge in [-0.25, -0.2) is 0 Å². The van der Waals surface area contributed by atoms with E-state index in [0.29, 0.717) is 5.82 Å². The molecule has 0 saturated carbocycles. The fourth-order valence-corrected chi connectivity index (χ4v) is 2.65. The number of nitrogens with zero attached hydrogens (tertiary/aromatic N) is 4. The Morgan fingerprint density at radius 1 is 0.826 bits per heavy atom. The minimum atomic E-state index is 0.602. The van der Waals surface area contributed by atoms with E-state index in [-0.39, 0.29) is 0 Å². The van der Waals surface area contributed by atoms with Gasteiger partial charge in [-0.2, -0.15) is 5.21 Å². The summed E-state index contributed by atoms with van der Waals surface area (Å²) in [5.41, 5.74) is 3.19. The molecule has 23 heavy (non-hydrogen) atoms. The van der Waals surface area contributed by atoms with Crippen molar-refractivity contribution >= 4 is 22.1 Å². The Kier molecular flexibility index (Phi) is 3.24. The average Bonchev–Trinajstić information content (AvgIpc) is 3.15. The van der Waals surface area contributed by atoms with Crippen molar-refractivity contribution in [1.82, 2.24) is 20.6 Å². The number of rotatable bonds is 3. The van der Waals surface area contributed by atoms with Gasteiger partial charge in [0.25, 0.3) is 0 Å². The lowest BCUT2D eigenvalue weighted by Gasteiger charge is -2.20. The number of fused-ring (bicyclic) bond motifs is 1. The molecule has 5 nitrogen and oxygen atoms in total. The summed E-state index contributed by atoms with van der Waals surface area (Å²) in [5.74, 6) is 0.602. The van der Waals surface area contributed by atoms with Crippen molar-refractivity contribution in [3.05, 3.63) is 66.7 Å². The molecule has 4 aromatic rings. The van der Waals surface area contributed by atoms with Crippen LogP contribution < -0.4 is 4.90 Å². The fraction of sp³-hybridized carbons (Fsp3) is 0.0556. The van der Waals surface area contributed by atoms with E-state index in [1.807, 2.05) is 12.1 Å². The van der Waals surface area contributed by atoms with Gasteiger partial charge in [0.2, 0.25) is 5.82 Å². The number of H-pyrrole nitrogens is 1. The van der Waals surface area contributed by atoms with E-state index in [2.05, 4.69) is 87.2 Å². The first kappa shape index (κ1) is 13.5. The van der Waals surface area contributed by atoms with Crippen molar-refractivity contribution in [3.8, 4) is 11.4 Å². The zero-order valence-corrected chi connectivity index (χ0v) is 12.6. The first-order chi connectivity index (χ1) is 11.3. The molecule has 0 spiro atoms. The Morgan fingerprint density at radius 3 is 2.30 bits per heavy atom. The summed E-state index contributed by atoms with van der Waals surface area (Å²) in [6.45, 7) is 0. The van der Waals surface area contributed by atoms with Crippen molar-refractivity contribution in [2.45, 2.75) is 0 Å². The lowest BCUT2D eigenvalue weighted by Crippen LogP contribution is -2.09. The molecule has 0 atom stereocenters. The Labute approximate surface area is 133 Å². The Hall–Kier alpha value is -3.21. The van der Waals surface area contributed by atoms with E-state index in [4.69, 9.17) is 0 Å². The highest BCUT2D eigenvalue weighted by Crippen LogP contribution is 2.28. The molecule has 0 aliphatic heterocycles. The molecular formula is C18H15N5. The largest absolute Gasteiger partial charge is 0.345 e. The first-order valence-electron chi connectivity index (χ1n) is 7.38. The van der Waals surface area contributed by atoms with Crippen LogP contribution in [0.4, 0.5) is 11.4 Å². The molecule has 0 fully saturated rings. The minimum Gasteiger partial charge on any atom is -0.345 e. The highest BCUT2D eigenvalue weighted by atomic mass is 15.5. The van der Waals surface area contributed by atoms with Gasteiger partial charge in [0, 0.05) is 24.0 Å². The second-order valence-electron chi connectivity index (χ2n) is 5.37. The Morgan fingerprint density at radius 2 is 1.57 bits per heavy atom. The first-order valence-corrected chi connectivity index (χ1v) is 7.38. The molecule has 5 heteroatoms. The summed E-state index contributed by atoms with van der Waals surface area (Å²) in [6, 6.07) is 23.0. The predicted molar refractivity (Wildman–Crippen MR) is 91.6 cm³/mol. The normalized spacial score (nSPS) is 10.8. The van der Waals surface area contributed by atoms with Crippen LogP contribution in [-0.4, -0.2) is 27.7 Å². The van der Waals surface area contributed by atoms with E-state index < -0.39 is 0 Å². The van der Waals surface area contributed by atoms with Crippen LogP contribution in [0.5, 0.6) is 0 Å². The van der Waals surface area contributed by atoms with Crippen LogP contribution in [0.1, 0.15) is 0 Å². The number of benzene rings is 3. The molecule has 1 aromatic heterocycles. The lowest BCUT2D eigenvalue weighted by atomic mass is 10.1. The van der Waals surface area contributed by atoms with Crippen LogP contribution in [0.25, 0.3) is 22.2 Å². The molecule has 1 heterocycles. The van der Waals surface area contributed by atoms with Gasteiger partial charge in [-0.15, -0.1) is 10.2 Å². The summed E-state index contributed by atoms with van der Waals surface area (Å²) in [4.78, 5) is 2.16. The molecule has 0 aliphatic carbocycles. The molecule has 0 unspecified atom stereocenters. The highest BCUT2D eigenvalue weighted by molar-refractivity contribution is 5.86. The monoisotopic (exact) mass is 301 g/mol. The van der Waals surface area contributed by atoms with Crippen molar-refractivity contribution in [2.75, 3.05) is 11.9 Å². The van der Waals surface area contributed by atoms with Gasteiger partial charge in [-0.3, -0.25) is 0 Å². The molecule has 112 valence electrons. The number of aromatic amines is 1. The van der Waals surface area contributed by atoms with Crippen LogP contribution in [0.3, 0.4) is 0 Å². The standard InChI is InChI=1S/C18H15N5/c1-23(17-11-6-13-4-2-3-5-15(13)12-17)16-9-7-14(8-10-16)18-19-21-22-20-18/h2-12H,1H3,(H,19,20,21,22). The molecule has 4 rings (SSSR count). The van der Waals surface area contributed by atoms with Crippen LogP contribution in [0.2, 0.25) is 0 Å². The van der Waals surface area contributed by atoms with Crippen molar-refractivity contribution < 1.29 is 0 Å². The van der Waals surface area contributed by atoms with Crippen molar-refractivity contribution in [3.63, 3.8) is 0 Å². The molecule has 3 aromatic carbocycles. The summed E-state index contributed by atoms with van der Waals surface area (Å²) < 4.78 is 0. The number of hydrogen-bond donors (Lipinski definition) is 1. The van der Waals surface area contributed by atoms with Gasteiger partial charge in [0.15, 0.2) is 0 Å². The number of aromatic nitrogens is 4. The molecule has 0 amide bonds. The third-order valence-corrected chi connectivity index (χ3v) is 3.98. The van der Waals surface area contributed by atoms with Crippen LogP contribution in [0, 0.1) is 0 Å². The van der Waals surface area contributed by atoms with E-state index in [1.165, 1.54) is 10.8 Å². The maximum Gasteiger partial charge on any atom is 0.204 e. The van der Waals surface area contributed by atoms with Crippen LogP contribution in [0.15, 0.2) is 66.7 Å². The Bertz CT molecular complexity index is 929. The molecule has 1 N–H and O–H groups in total. The van der Waals surface area contributed by atoms with Gasteiger partial charge in [-0.05, 0) is 52.4 Å². The molecule has 0 radical (unpaired) electrons. The van der Waals surface area contributed by atoms with E-state index >= 15 is 0 Å². The number of nitrogens with one attached hydrogen (secondary N) is 1. The van der Waals surface area contributed by atoms with Gasteiger partial charge in [0.05, 0.1) is 0 Å². The van der Waals surface area contributed by atoms with Crippen LogP contribution in [-0.2, 0) is 0 Å². The Balaban J connectivity index is 1.66. The zero-order chi connectivity index (χ0) is 15.6. The average molecular weight is 301 g/mol. The molecule has 0 saturated heterocycles. The molecule has 0 bridgehead atoms. The maximum absolute atomic E-state index is 3.99. The smallest absolute Gasteiger partial charge is 0.204 e. The summed E-state index contributed by atoms with van der Waals surface area (Å²) in [6.07, 6.45) is 0. The predicted octanol–water partition coefficient (Wildman–Crippen LogP) is 3.79. The summed E-state index contributed by atoms with van der Waals surface area (Å²) in [5, 5.41) is 16.5. The van der Waals surface area contributed by atoms with Gasteiger partial charge >= 0.3 is 0 Å². The van der Waals surface area contributed by atoms with Crippen LogP contribution >= 0.6 is 0 Å². The second-order valence-corrected chi connectivity index (χ2v) is 5.37. The third kappa shape index (κ3) is 2.53. The maximum atomic E-state index is 3.99. The SMILES string of the molecule is CN(c1ccc(-c2nn[nH]n2)cc1)c1ccc2ccccc2c1. The number of anilines is 2. The second kappa shape index (κ2) is 5.53. The summed E-state index contributed by atoms with van der Waals surface area (Å²) in [7, 11) is 2.06. The summed E-state index contributed by atoms with van der Waals surface area (Å²) >= 11 is 0. The highest BCUT2D eigenvalue weighted by Gasteiger charge is 2.07. The molecular weight excluding hydrogens is 286 g/mol. The lowest BCUT2D eigenvalue weighted by molar-refractivity contribution is 0.881. The van der Waals surface area contributed by atoms with Gasteiger partial charge in [0.1, 0.15) is 0 Å². The van der Waals surface area contributed by atoms with E-state index in [1.54, 1.807) is 0 Å². The minimum absolute atomic E-state index is 0.602.